The van der Waals surface area contributed by atoms with E-state index in [2.05, 4.69) is 27.6 Å². The fourth-order valence-electron chi connectivity index (χ4n) is 2.53. The minimum Gasteiger partial charge on any atom is -0.504 e. The van der Waals surface area contributed by atoms with Crippen molar-refractivity contribution in [3.8, 4) is 11.5 Å². The van der Waals surface area contributed by atoms with Gasteiger partial charge in [0.25, 0.3) is 5.56 Å². The number of halogens is 1. The first kappa shape index (κ1) is 15.8. The van der Waals surface area contributed by atoms with Gasteiger partial charge in [0, 0.05) is 10.1 Å². The molecule has 0 saturated carbocycles. The van der Waals surface area contributed by atoms with E-state index in [1.807, 2.05) is 25.1 Å². The molecule has 5 nitrogen and oxygen atoms in total. The Morgan fingerprint density at radius 1 is 1.13 bits per heavy atom. The molecule has 0 radical (unpaired) electrons. The number of fused-ring (bicyclic) bond motifs is 1. The predicted molar refractivity (Wildman–Crippen MR) is 96.9 cm³/mol. The molecule has 118 valence electrons. The zero-order valence-corrected chi connectivity index (χ0v) is 14.6. The maximum atomic E-state index is 12.7. The predicted octanol–water partition coefficient (Wildman–Crippen LogP) is 2.96. The highest BCUT2D eigenvalue weighted by Crippen LogP contribution is 2.25. The number of aryl methyl sites for hydroxylation is 2. The summed E-state index contributed by atoms with van der Waals surface area (Å²) in [5.41, 5.74) is 1.48. The molecule has 0 saturated heterocycles. The van der Waals surface area contributed by atoms with Crippen molar-refractivity contribution in [1.29, 1.82) is 0 Å². The Morgan fingerprint density at radius 3 is 2.65 bits per heavy atom. The van der Waals surface area contributed by atoms with Gasteiger partial charge in [-0.05, 0) is 71.8 Å². The lowest BCUT2D eigenvalue weighted by atomic mass is 10.1. The quantitative estimate of drug-likeness (QED) is 0.503. The van der Waals surface area contributed by atoms with Gasteiger partial charge in [-0.15, -0.1) is 0 Å². The molecule has 1 aromatic heterocycles. The van der Waals surface area contributed by atoms with E-state index < -0.39 is 0 Å². The molecule has 0 atom stereocenters. The van der Waals surface area contributed by atoms with Crippen LogP contribution in [0.2, 0.25) is 0 Å². The van der Waals surface area contributed by atoms with Crippen LogP contribution >= 0.6 is 22.6 Å². The second-order valence-corrected chi connectivity index (χ2v) is 6.60. The molecule has 0 bridgehead atoms. The van der Waals surface area contributed by atoms with Gasteiger partial charge >= 0.3 is 0 Å². The first-order valence-electron chi connectivity index (χ1n) is 7.13. The number of hydrogen-bond acceptors (Lipinski definition) is 4. The van der Waals surface area contributed by atoms with Crippen molar-refractivity contribution in [2.45, 2.75) is 19.9 Å². The fraction of sp³-hybridized carbons (Fsp3) is 0.176. The highest BCUT2D eigenvalue weighted by atomic mass is 127. The average molecular weight is 422 g/mol. The molecule has 3 rings (SSSR count). The van der Waals surface area contributed by atoms with E-state index in [0.29, 0.717) is 29.7 Å². The summed E-state index contributed by atoms with van der Waals surface area (Å²) in [5.74, 6) is 0.355. The summed E-state index contributed by atoms with van der Waals surface area (Å²) >= 11 is 2.17. The van der Waals surface area contributed by atoms with Gasteiger partial charge < -0.3 is 10.2 Å². The molecule has 2 aromatic carbocycles. The molecule has 0 spiro atoms. The summed E-state index contributed by atoms with van der Waals surface area (Å²) < 4.78 is 2.63. The first-order valence-corrected chi connectivity index (χ1v) is 8.21. The van der Waals surface area contributed by atoms with E-state index in [0.717, 1.165) is 9.13 Å². The van der Waals surface area contributed by atoms with Gasteiger partial charge in [0.05, 0.1) is 10.9 Å². The molecule has 6 heteroatoms. The molecule has 0 amide bonds. The molecule has 3 aromatic rings. The van der Waals surface area contributed by atoms with Crippen LogP contribution in [0, 0.1) is 10.5 Å². The lowest BCUT2D eigenvalue weighted by Crippen LogP contribution is -2.25. The monoisotopic (exact) mass is 422 g/mol. The summed E-state index contributed by atoms with van der Waals surface area (Å²) in [6, 6.07) is 10.3. The first-order chi connectivity index (χ1) is 11.0. The van der Waals surface area contributed by atoms with Crippen LogP contribution in [0.4, 0.5) is 0 Å². The molecule has 1 heterocycles. The largest absolute Gasteiger partial charge is 0.504 e. The summed E-state index contributed by atoms with van der Waals surface area (Å²) in [4.78, 5) is 17.2. The molecule has 0 aliphatic heterocycles. The van der Waals surface area contributed by atoms with Gasteiger partial charge in [-0.1, -0.05) is 6.07 Å². The summed E-state index contributed by atoms with van der Waals surface area (Å²) in [6.07, 6.45) is 0.561. The maximum Gasteiger partial charge on any atom is 0.261 e. The molecular formula is C17H15IN2O3. The number of nitrogens with zero attached hydrogens (tertiary/aromatic N) is 2. The normalized spacial score (nSPS) is 11.0. The third-order valence-electron chi connectivity index (χ3n) is 3.77. The van der Waals surface area contributed by atoms with E-state index >= 15 is 0 Å². The number of aromatic nitrogens is 2. The minimum atomic E-state index is -0.155. The third-order valence-corrected chi connectivity index (χ3v) is 4.44. The van der Waals surface area contributed by atoms with Crippen LogP contribution in [0.1, 0.15) is 11.4 Å². The average Bonchev–Trinajstić information content (AvgIpc) is 2.51. The van der Waals surface area contributed by atoms with Gasteiger partial charge in [0.2, 0.25) is 0 Å². The van der Waals surface area contributed by atoms with Crippen LogP contribution in [0.5, 0.6) is 11.5 Å². The summed E-state index contributed by atoms with van der Waals surface area (Å²) in [7, 11) is 0. The van der Waals surface area contributed by atoms with Crippen molar-refractivity contribution in [2.24, 2.45) is 0 Å². The Bertz CT molecular complexity index is 950. The summed E-state index contributed by atoms with van der Waals surface area (Å²) in [5, 5.41) is 19.5. The molecule has 0 aliphatic rings. The Hall–Kier alpha value is -2.09. The van der Waals surface area contributed by atoms with Crippen LogP contribution < -0.4 is 5.56 Å². The zero-order chi connectivity index (χ0) is 16.6. The molecule has 0 fully saturated rings. The number of phenolic OH excluding ortho intramolecular Hbond substituents is 2. The highest BCUT2D eigenvalue weighted by molar-refractivity contribution is 14.1. The molecule has 2 N–H and O–H groups in total. The Balaban J connectivity index is 1.96. The molecular weight excluding hydrogens is 407 g/mol. The molecule has 0 aliphatic carbocycles. The Kier molecular flexibility index (Phi) is 4.25. The van der Waals surface area contributed by atoms with Crippen LogP contribution in [-0.2, 0) is 13.0 Å². The van der Waals surface area contributed by atoms with E-state index in [1.165, 1.54) is 12.1 Å². The van der Waals surface area contributed by atoms with Crippen molar-refractivity contribution >= 4 is 33.5 Å². The smallest absolute Gasteiger partial charge is 0.261 e. The molecule has 0 unspecified atom stereocenters. The Morgan fingerprint density at radius 2 is 1.91 bits per heavy atom. The second kappa shape index (κ2) is 6.19. The van der Waals surface area contributed by atoms with E-state index in [1.54, 1.807) is 10.6 Å². The SMILES string of the molecule is Cc1nc2ccc(I)cc2c(=O)n1CCc1ccc(O)c(O)c1. The second-order valence-electron chi connectivity index (χ2n) is 5.35. The number of phenols is 2. The number of hydrogen-bond donors (Lipinski definition) is 2. The number of benzene rings is 2. The van der Waals surface area contributed by atoms with Gasteiger partial charge in [-0.25, -0.2) is 4.98 Å². The lowest BCUT2D eigenvalue weighted by Gasteiger charge is -2.11. The van der Waals surface area contributed by atoms with Gasteiger partial charge in [0.15, 0.2) is 11.5 Å². The number of rotatable bonds is 3. The summed E-state index contributed by atoms with van der Waals surface area (Å²) in [6.45, 7) is 2.27. The van der Waals surface area contributed by atoms with Crippen LogP contribution in [0.3, 0.4) is 0 Å². The van der Waals surface area contributed by atoms with Crippen molar-refractivity contribution in [3.63, 3.8) is 0 Å². The zero-order valence-electron chi connectivity index (χ0n) is 12.5. The van der Waals surface area contributed by atoms with Crippen molar-refractivity contribution < 1.29 is 10.2 Å². The Labute approximate surface area is 146 Å². The lowest BCUT2D eigenvalue weighted by molar-refractivity contribution is 0.403. The van der Waals surface area contributed by atoms with Crippen molar-refractivity contribution in [1.82, 2.24) is 9.55 Å². The third kappa shape index (κ3) is 3.17. The number of aromatic hydroxyl groups is 2. The van der Waals surface area contributed by atoms with Crippen LogP contribution in [0.15, 0.2) is 41.2 Å². The van der Waals surface area contributed by atoms with E-state index in [4.69, 9.17) is 0 Å². The van der Waals surface area contributed by atoms with Crippen LogP contribution in [-0.4, -0.2) is 19.8 Å². The highest BCUT2D eigenvalue weighted by Gasteiger charge is 2.09. The standard InChI is InChI=1S/C17H15IN2O3/c1-10-19-14-4-3-12(18)9-13(14)17(23)20(10)7-6-11-2-5-15(21)16(22)8-11/h2-5,8-9,21-22H,6-7H2,1H3. The van der Waals surface area contributed by atoms with Gasteiger partial charge in [0.1, 0.15) is 5.82 Å². The molecule has 23 heavy (non-hydrogen) atoms. The van der Waals surface area contributed by atoms with Crippen molar-refractivity contribution in [2.75, 3.05) is 0 Å². The fourth-order valence-corrected chi connectivity index (χ4v) is 3.02. The van der Waals surface area contributed by atoms with E-state index in [-0.39, 0.29) is 17.1 Å². The van der Waals surface area contributed by atoms with Gasteiger partial charge in [-0.2, -0.15) is 0 Å². The van der Waals surface area contributed by atoms with Gasteiger partial charge in [-0.3, -0.25) is 9.36 Å². The van der Waals surface area contributed by atoms with Crippen LogP contribution in [0.25, 0.3) is 10.9 Å². The van der Waals surface area contributed by atoms with Crippen molar-refractivity contribution in [3.05, 3.63) is 61.7 Å². The van der Waals surface area contributed by atoms with E-state index in [9.17, 15) is 15.0 Å². The minimum absolute atomic E-state index is 0.0611. The topological polar surface area (TPSA) is 75.4 Å². The maximum absolute atomic E-state index is 12.7.